The van der Waals surface area contributed by atoms with E-state index in [1.165, 1.54) is 17.3 Å². The summed E-state index contributed by atoms with van der Waals surface area (Å²) in [5.74, 6) is 0.724. The summed E-state index contributed by atoms with van der Waals surface area (Å²) in [4.78, 5) is 7.32. The molecule has 0 bridgehead atoms. The van der Waals surface area contributed by atoms with E-state index in [1.807, 2.05) is 6.07 Å². The molecule has 29 heavy (non-hydrogen) atoms. The number of aliphatic imine (C=N–C) groups is 1. The fourth-order valence-corrected chi connectivity index (χ4v) is 4.30. The summed E-state index contributed by atoms with van der Waals surface area (Å²) in [6.07, 6.45) is 2.75. The molecule has 1 fully saturated rings. The molecule has 0 aliphatic carbocycles. The second-order valence-electron chi connectivity index (χ2n) is 7.60. The third kappa shape index (κ3) is 4.74. The van der Waals surface area contributed by atoms with Gasteiger partial charge in [-0.25, -0.2) is 4.39 Å². The van der Waals surface area contributed by atoms with Crippen molar-refractivity contribution in [3.05, 3.63) is 65.5 Å². The Morgan fingerprint density at radius 1 is 1.17 bits per heavy atom. The molecule has 1 saturated heterocycles. The van der Waals surface area contributed by atoms with E-state index >= 15 is 0 Å². The molecule has 0 aromatic heterocycles. The number of nitrogens with zero attached hydrogens (tertiary/aromatic N) is 2. The number of guanidine groups is 1. The third-order valence-electron chi connectivity index (χ3n) is 5.90. The summed E-state index contributed by atoms with van der Waals surface area (Å²) in [6.45, 7) is 5.84. The van der Waals surface area contributed by atoms with Gasteiger partial charge >= 0.3 is 0 Å². The Morgan fingerprint density at radius 2 is 1.97 bits per heavy atom. The zero-order chi connectivity index (χ0) is 19.4. The zero-order valence-corrected chi connectivity index (χ0v) is 19.2. The number of hydrogen-bond acceptors (Lipinski definition) is 2. The highest BCUT2D eigenvalue weighted by Gasteiger charge is 2.35. The number of anilines is 1. The molecule has 0 radical (unpaired) electrons. The third-order valence-corrected chi connectivity index (χ3v) is 5.90. The number of rotatable bonds is 4. The first-order valence-electron chi connectivity index (χ1n) is 10.2. The average molecular weight is 509 g/mol. The van der Waals surface area contributed by atoms with Crippen molar-refractivity contribution >= 4 is 35.6 Å². The minimum Gasteiger partial charge on any atom is -0.381 e. The van der Waals surface area contributed by atoms with E-state index in [0.717, 1.165) is 43.9 Å². The van der Waals surface area contributed by atoms with E-state index in [4.69, 9.17) is 9.73 Å². The van der Waals surface area contributed by atoms with Crippen LogP contribution in [0.15, 0.2) is 53.5 Å². The van der Waals surface area contributed by atoms with Crippen LogP contribution in [0.4, 0.5) is 10.1 Å². The van der Waals surface area contributed by atoms with Crippen LogP contribution in [0.1, 0.15) is 30.9 Å². The lowest BCUT2D eigenvalue weighted by atomic mass is 9.74. The Labute approximate surface area is 189 Å². The lowest BCUT2D eigenvalue weighted by molar-refractivity contribution is 0.0530. The van der Waals surface area contributed by atoms with Crippen LogP contribution in [0, 0.1) is 5.82 Å². The highest BCUT2D eigenvalue weighted by atomic mass is 127. The molecular weight excluding hydrogens is 480 g/mol. The highest BCUT2D eigenvalue weighted by Crippen LogP contribution is 2.36. The van der Waals surface area contributed by atoms with Gasteiger partial charge in [0.05, 0.1) is 6.54 Å². The predicted molar refractivity (Wildman–Crippen MR) is 127 cm³/mol. The van der Waals surface area contributed by atoms with Crippen LogP contribution in [0.3, 0.4) is 0 Å². The van der Waals surface area contributed by atoms with Gasteiger partial charge in [-0.1, -0.05) is 30.3 Å². The molecule has 156 valence electrons. The Balaban J connectivity index is 0.00000240. The molecule has 4 nitrogen and oxygen atoms in total. The molecule has 0 amide bonds. The Morgan fingerprint density at radius 3 is 2.72 bits per heavy atom. The minimum absolute atomic E-state index is 0. The molecule has 2 aromatic carbocycles. The second kappa shape index (κ2) is 9.89. The zero-order valence-electron chi connectivity index (χ0n) is 16.9. The molecule has 2 aliphatic rings. The summed E-state index contributed by atoms with van der Waals surface area (Å²) in [5.41, 5.74) is 3.44. The number of fused-ring (bicyclic) bond motifs is 1. The van der Waals surface area contributed by atoms with Crippen LogP contribution in [0.2, 0.25) is 0 Å². The maximum absolute atomic E-state index is 13.9. The van der Waals surface area contributed by atoms with Crippen molar-refractivity contribution in [2.75, 3.05) is 37.7 Å². The number of benzene rings is 2. The molecule has 0 atom stereocenters. The van der Waals surface area contributed by atoms with E-state index in [2.05, 4.69) is 41.4 Å². The van der Waals surface area contributed by atoms with Crippen molar-refractivity contribution in [2.24, 2.45) is 4.99 Å². The lowest BCUT2D eigenvalue weighted by Gasteiger charge is -2.37. The molecule has 0 spiro atoms. The van der Waals surface area contributed by atoms with Crippen LogP contribution >= 0.6 is 24.0 Å². The van der Waals surface area contributed by atoms with Gasteiger partial charge in [0.15, 0.2) is 5.96 Å². The Kier molecular flexibility index (Phi) is 7.51. The standard InChI is InChI=1S/C23H28FN3O.HI/c1-2-25-22(27-13-10-18-6-3-4-9-21(18)27)26-17-23(11-14-28-15-12-23)19-7-5-8-20(24)16-19;/h3-9,16H,2,10-15,17H2,1H3,(H,25,26);1H. The first kappa shape index (κ1) is 22.0. The van der Waals surface area contributed by atoms with Gasteiger partial charge in [-0.2, -0.15) is 0 Å². The summed E-state index contributed by atoms with van der Waals surface area (Å²) in [6, 6.07) is 15.5. The van der Waals surface area contributed by atoms with Gasteiger partial charge in [0.1, 0.15) is 5.82 Å². The normalized spacial score (nSPS) is 18.1. The molecule has 0 saturated carbocycles. The molecular formula is C23H29FIN3O. The van der Waals surface area contributed by atoms with Gasteiger partial charge in [0.2, 0.25) is 0 Å². The molecule has 2 aromatic rings. The van der Waals surface area contributed by atoms with Crippen molar-refractivity contribution in [3.8, 4) is 0 Å². The van der Waals surface area contributed by atoms with Crippen molar-refractivity contribution in [2.45, 2.75) is 31.6 Å². The van der Waals surface area contributed by atoms with Crippen LogP contribution in [0.5, 0.6) is 0 Å². The van der Waals surface area contributed by atoms with E-state index in [9.17, 15) is 4.39 Å². The van der Waals surface area contributed by atoms with Gasteiger partial charge in [0, 0.05) is 37.4 Å². The van der Waals surface area contributed by atoms with Gasteiger partial charge in [-0.3, -0.25) is 4.99 Å². The molecule has 6 heteroatoms. The number of para-hydroxylation sites is 1. The predicted octanol–water partition coefficient (Wildman–Crippen LogP) is 4.52. The molecule has 4 rings (SSSR count). The fourth-order valence-electron chi connectivity index (χ4n) is 4.30. The fraction of sp³-hybridized carbons (Fsp3) is 0.435. The maximum atomic E-state index is 13.9. The lowest BCUT2D eigenvalue weighted by Crippen LogP contribution is -2.43. The van der Waals surface area contributed by atoms with Crippen LogP contribution < -0.4 is 10.2 Å². The Hall–Kier alpha value is -1.67. The molecule has 2 heterocycles. The van der Waals surface area contributed by atoms with Crippen molar-refractivity contribution < 1.29 is 9.13 Å². The van der Waals surface area contributed by atoms with Crippen molar-refractivity contribution in [1.29, 1.82) is 0 Å². The first-order valence-corrected chi connectivity index (χ1v) is 10.2. The second-order valence-corrected chi connectivity index (χ2v) is 7.60. The van der Waals surface area contributed by atoms with Crippen molar-refractivity contribution in [1.82, 2.24) is 5.32 Å². The summed E-state index contributed by atoms with van der Waals surface area (Å²) < 4.78 is 19.5. The van der Waals surface area contributed by atoms with E-state index < -0.39 is 0 Å². The van der Waals surface area contributed by atoms with Gasteiger partial charge in [-0.05, 0) is 55.5 Å². The van der Waals surface area contributed by atoms with Crippen molar-refractivity contribution in [3.63, 3.8) is 0 Å². The summed E-state index contributed by atoms with van der Waals surface area (Å²) in [5, 5.41) is 3.46. The molecule has 2 aliphatic heterocycles. The van der Waals surface area contributed by atoms with Gasteiger partial charge in [0.25, 0.3) is 0 Å². The molecule has 0 unspecified atom stereocenters. The van der Waals surface area contributed by atoms with Crippen LogP contribution in [-0.2, 0) is 16.6 Å². The van der Waals surface area contributed by atoms with Crippen LogP contribution in [0.25, 0.3) is 0 Å². The van der Waals surface area contributed by atoms with E-state index in [-0.39, 0.29) is 35.2 Å². The quantitative estimate of drug-likeness (QED) is 0.374. The smallest absolute Gasteiger partial charge is 0.198 e. The average Bonchev–Trinajstić information content (AvgIpc) is 3.16. The summed E-state index contributed by atoms with van der Waals surface area (Å²) >= 11 is 0. The minimum atomic E-state index is -0.187. The van der Waals surface area contributed by atoms with E-state index in [0.29, 0.717) is 19.8 Å². The SMILES string of the molecule is CCNC(=NCC1(c2cccc(F)c2)CCOCC1)N1CCc2ccccc21.I. The van der Waals surface area contributed by atoms with E-state index in [1.54, 1.807) is 12.1 Å². The van der Waals surface area contributed by atoms with Crippen LogP contribution in [-0.4, -0.2) is 38.8 Å². The maximum Gasteiger partial charge on any atom is 0.198 e. The molecule has 1 N–H and O–H groups in total. The number of ether oxygens (including phenoxy) is 1. The van der Waals surface area contributed by atoms with Gasteiger partial charge < -0.3 is 15.0 Å². The number of nitrogens with one attached hydrogen (secondary N) is 1. The summed E-state index contributed by atoms with van der Waals surface area (Å²) in [7, 11) is 0. The highest BCUT2D eigenvalue weighted by molar-refractivity contribution is 14.0. The largest absolute Gasteiger partial charge is 0.381 e. The monoisotopic (exact) mass is 509 g/mol. The topological polar surface area (TPSA) is 36.9 Å². The number of halogens is 2. The number of hydrogen-bond donors (Lipinski definition) is 1. The Bertz CT molecular complexity index is 852. The first-order chi connectivity index (χ1) is 13.7. The van der Waals surface area contributed by atoms with Gasteiger partial charge in [-0.15, -0.1) is 24.0 Å².